The van der Waals surface area contributed by atoms with Gasteiger partial charge in [-0.25, -0.2) is 0 Å². The minimum atomic E-state index is -0.144. The van der Waals surface area contributed by atoms with Crippen LogP contribution in [0.25, 0.3) is 0 Å². The maximum Gasteiger partial charge on any atom is 0.255 e. The molecule has 112 valence electrons. The standard InChI is InChI=1S/C18H18N2O2/c1-12-2-4-13(5-3-12)17(21)19-15-8-10-16(11-9-15)20-18(22)14-6-7-14/h2-5,8-11,14H,6-7H2,1H3,(H,19,21)(H,20,22). The molecule has 1 saturated carbocycles. The Kier molecular flexibility index (Phi) is 3.92. The maximum atomic E-state index is 12.1. The number of hydrogen-bond acceptors (Lipinski definition) is 2. The van der Waals surface area contributed by atoms with Crippen molar-refractivity contribution in [2.45, 2.75) is 19.8 Å². The lowest BCUT2D eigenvalue weighted by atomic mass is 10.1. The molecule has 0 aromatic heterocycles. The largest absolute Gasteiger partial charge is 0.326 e. The van der Waals surface area contributed by atoms with Crippen LogP contribution in [0.2, 0.25) is 0 Å². The van der Waals surface area contributed by atoms with E-state index in [4.69, 9.17) is 0 Å². The average molecular weight is 294 g/mol. The van der Waals surface area contributed by atoms with Crippen LogP contribution in [0, 0.1) is 12.8 Å². The van der Waals surface area contributed by atoms with E-state index in [0.717, 1.165) is 24.1 Å². The van der Waals surface area contributed by atoms with Crippen molar-refractivity contribution in [3.63, 3.8) is 0 Å². The van der Waals surface area contributed by atoms with Crippen molar-refractivity contribution < 1.29 is 9.59 Å². The Morgan fingerprint density at radius 2 is 1.41 bits per heavy atom. The second-order valence-electron chi connectivity index (χ2n) is 5.66. The van der Waals surface area contributed by atoms with E-state index in [-0.39, 0.29) is 17.7 Å². The Morgan fingerprint density at radius 3 is 1.95 bits per heavy atom. The molecule has 22 heavy (non-hydrogen) atoms. The Balaban J connectivity index is 1.61. The number of hydrogen-bond donors (Lipinski definition) is 2. The molecular weight excluding hydrogens is 276 g/mol. The normalized spacial score (nSPS) is 13.5. The number of carbonyl (C=O) groups excluding carboxylic acids is 2. The molecule has 0 bridgehead atoms. The molecular formula is C18H18N2O2. The molecule has 0 radical (unpaired) electrons. The zero-order chi connectivity index (χ0) is 15.5. The number of rotatable bonds is 4. The molecule has 4 nitrogen and oxygen atoms in total. The van der Waals surface area contributed by atoms with Crippen LogP contribution in [-0.4, -0.2) is 11.8 Å². The summed E-state index contributed by atoms with van der Waals surface area (Å²) in [5.41, 5.74) is 3.20. The Morgan fingerprint density at radius 1 is 0.864 bits per heavy atom. The lowest BCUT2D eigenvalue weighted by Crippen LogP contribution is -2.14. The third kappa shape index (κ3) is 3.52. The van der Waals surface area contributed by atoms with Crippen molar-refractivity contribution in [2.24, 2.45) is 5.92 Å². The average Bonchev–Trinajstić information content (AvgIpc) is 3.34. The van der Waals surface area contributed by atoms with Crippen LogP contribution in [-0.2, 0) is 4.79 Å². The van der Waals surface area contributed by atoms with Crippen LogP contribution in [0.3, 0.4) is 0 Å². The molecule has 0 spiro atoms. The lowest BCUT2D eigenvalue weighted by Gasteiger charge is -2.08. The number of aryl methyl sites for hydroxylation is 1. The van der Waals surface area contributed by atoms with Crippen LogP contribution < -0.4 is 10.6 Å². The van der Waals surface area contributed by atoms with Crippen LogP contribution in [0.15, 0.2) is 48.5 Å². The molecule has 1 fully saturated rings. The van der Waals surface area contributed by atoms with Gasteiger partial charge in [-0.1, -0.05) is 17.7 Å². The van der Waals surface area contributed by atoms with Gasteiger partial charge in [-0.2, -0.15) is 0 Å². The highest BCUT2D eigenvalue weighted by atomic mass is 16.2. The van der Waals surface area contributed by atoms with E-state index in [2.05, 4.69) is 10.6 Å². The zero-order valence-corrected chi connectivity index (χ0v) is 12.4. The van der Waals surface area contributed by atoms with Gasteiger partial charge in [0.05, 0.1) is 0 Å². The predicted octanol–water partition coefficient (Wildman–Crippen LogP) is 3.60. The van der Waals surface area contributed by atoms with Gasteiger partial charge in [0.25, 0.3) is 5.91 Å². The van der Waals surface area contributed by atoms with Crippen LogP contribution in [0.4, 0.5) is 11.4 Å². The summed E-state index contributed by atoms with van der Waals surface area (Å²) in [5.74, 6) is 0.118. The van der Waals surface area contributed by atoms with Gasteiger partial charge in [0.2, 0.25) is 5.91 Å². The van der Waals surface area contributed by atoms with E-state index in [0.29, 0.717) is 11.3 Å². The van der Waals surface area contributed by atoms with Gasteiger partial charge < -0.3 is 10.6 Å². The van der Waals surface area contributed by atoms with Crippen molar-refractivity contribution in [2.75, 3.05) is 10.6 Å². The molecule has 0 unspecified atom stereocenters. The summed E-state index contributed by atoms with van der Waals surface area (Å²) in [6.45, 7) is 1.98. The summed E-state index contributed by atoms with van der Waals surface area (Å²) < 4.78 is 0. The van der Waals surface area contributed by atoms with Gasteiger partial charge in [-0.15, -0.1) is 0 Å². The van der Waals surface area contributed by atoms with Crippen molar-refractivity contribution in [3.8, 4) is 0 Å². The SMILES string of the molecule is Cc1ccc(C(=O)Nc2ccc(NC(=O)C3CC3)cc2)cc1. The molecule has 3 rings (SSSR count). The number of benzene rings is 2. The molecule has 1 aliphatic rings. The van der Waals surface area contributed by atoms with E-state index < -0.39 is 0 Å². The summed E-state index contributed by atoms with van der Waals surface area (Å²) in [6.07, 6.45) is 1.97. The van der Waals surface area contributed by atoms with Crippen LogP contribution >= 0.6 is 0 Å². The fourth-order valence-corrected chi connectivity index (χ4v) is 2.13. The summed E-state index contributed by atoms with van der Waals surface area (Å²) >= 11 is 0. The van der Waals surface area contributed by atoms with E-state index in [9.17, 15) is 9.59 Å². The van der Waals surface area contributed by atoms with Gasteiger partial charge in [0, 0.05) is 22.9 Å². The first-order valence-electron chi connectivity index (χ1n) is 7.41. The second kappa shape index (κ2) is 6.02. The summed E-state index contributed by atoms with van der Waals surface area (Å²) in [5, 5.41) is 5.71. The molecule has 4 heteroatoms. The Labute approximate surface area is 129 Å². The van der Waals surface area contributed by atoms with Crippen LogP contribution in [0.5, 0.6) is 0 Å². The first-order chi connectivity index (χ1) is 10.6. The molecule has 2 N–H and O–H groups in total. The maximum absolute atomic E-state index is 12.1. The highest BCUT2D eigenvalue weighted by molar-refractivity contribution is 6.04. The van der Waals surface area contributed by atoms with Gasteiger partial charge >= 0.3 is 0 Å². The van der Waals surface area contributed by atoms with E-state index >= 15 is 0 Å². The van der Waals surface area contributed by atoms with Gasteiger partial charge in [-0.05, 0) is 56.2 Å². The van der Waals surface area contributed by atoms with Crippen LogP contribution in [0.1, 0.15) is 28.8 Å². The van der Waals surface area contributed by atoms with Crippen molar-refractivity contribution in [1.82, 2.24) is 0 Å². The van der Waals surface area contributed by atoms with Gasteiger partial charge in [0.15, 0.2) is 0 Å². The van der Waals surface area contributed by atoms with E-state index in [1.807, 2.05) is 19.1 Å². The van der Waals surface area contributed by atoms with Gasteiger partial charge in [-0.3, -0.25) is 9.59 Å². The first kappa shape index (κ1) is 14.3. The summed E-state index contributed by atoms with van der Waals surface area (Å²) in [4.78, 5) is 23.8. The Bertz CT molecular complexity index is 686. The molecule has 1 aliphatic carbocycles. The second-order valence-corrected chi connectivity index (χ2v) is 5.66. The minimum Gasteiger partial charge on any atom is -0.326 e. The predicted molar refractivity (Wildman–Crippen MR) is 86.9 cm³/mol. The third-order valence-corrected chi connectivity index (χ3v) is 3.67. The molecule has 2 aromatic carbocycles. The topological polar surface area (TPSA) is 58.2 Å². The molecule has 0 aliphatic heterocycles. The highest BCUT2D eigenvalue weighted by Crippen LogP contribution is 2.30. The number of nitrogens with one attached hydrogen (secondary N) is 2. The molecule has 2 amide bonds. The summed E-state index contributed by atoms with van der Waals surface area (Å²) in [7, 11) is 0. The van der Waals surface area contributed by atoms with Crippen molar-refractivity contribution in [3.05, 3.63) is 59.7 Å². The number of amides is 2. The highest BCUT2D eigenvalue weighted by Gasteiger charge is 2.29. The zero-order valence-electron chi connectivity index (χ0n) is 12.4. The molecule has 2 aromatic rings. The quantitative estimate of drug-likeness (QED) is 0.905. The lowest BCUT2D eigenvalue weighted by molar-refractivity contribution is -0.117. The fraction of sp³-hybridized carbons (Fsp3) is 0.222. The smallest absolute Gasteiger partial charge is 0.255 e. The molecule has 0 atom stereocenters. The molecule has 0 saturated heterocycles. The molecule has 0 heterocycles. The van der Waals surface area contributed by atoms with Crippen molar-refractivity contribution in [1.29, 1.82) is 0 Å². The number of anilines is 2. The van der Waals surface area contributed by atoms with Crippen molar-refractivity contribution >= 4 is 23.2 Å². The van der Waals surface area contributed by atoms with E-state index in [1.54, 1.807) is 36.4 Å². The Hall–Kier alpha value is -2.62. The monoisotopic (exact) mass is 294 g/mol. The number of carbonyl (C=O) groups is 2. The third-order valence-electron chi connectivity index (χ3n) is 3.67. The van der Waals surface area contributed by atoms with Gasteiger partial charge in [0.1, 0.15) is 0 Å². The first-order valence-corrected chi connectivity index (χ1v) is 7.41. The minimum absolute atomic E-state index is 0.0800. The fourth-order valence-electron chi connectivity index (χ4n) is 2.13. The summed E-state index contributed by atoms with van der Waals surface area (Å²) in [6, 6.07) is 14.6. The van der Waals surface area contributed by atoms with E-state index in [1.165, 1.54) is 0 Å².